The van der Waals surface area contributed by atoms with Crippen LogP contribution in [-0.2, 0) is 4.74 Å². The van der Waals surface area contributed by atoms with Gasteiger partial charge in [-0.05, 0) is 39.5 Å². The Balaban J connectivity index is 2.46. The molecule has 1 heterocycles. The predicted octanol–water partition coefficient (Wildman–Crippen LogP) is 1.54. The highest BCUT2D eigenvalue weighted by Gasteiger charge is 2.30. The van der Waals surface area contributed by atoms with Crippen molar-refractivity contribution in [3.05, 3.63) is 0 Å². The van der Waals surface area contributed by atoms with Gasteiger partial charge in [-0.25, -0.2) is 0 Å². The van der Waals surface area contributed by atoms with Gasteiger partial charge in [0.1, 0.15) is 0 Å². The van der Waals surface area contributed by atoms with Crippen molar-refractivity contribution in [2.75, 3.05) is 6.61 Å². The zero-order valence-electron chi connectivity index (χ0n) is 7.76. The lowest BCUT2D eigenvalue weighted by molar-refractivity contribution is -0.0753. The third-order valence-electron chi connectivity index (χ3n) is 2.48. The van der Waals surface area contributed by atoms with E-state index >= 15 is 0 Å². The van der Waals surface area contributed by atoms with E-state index in [0.717, 1.165) is 19.4 Å². The molecule has 1 aliphatic rings. The van der Waals surface area contributed by atoms with Crippen LogP contribution in [0.15, 0.2) is 0 Å². The first kappa shape index (κ1) is 9.01. The Morgan fingerprint density at radius 1 is 1.55 bits per heavy atom. The Bertz CT molecular complexity index is 132. The summed E-state index contributed by atoms with van der Waals surface area (Å²) in [4.78, 5) is 0. The molecule has 0 saturated carbocycles. The fraction of sp³-hybridized carbons (Fsp3) is 1.00. The summed E-state index contributed by atoms with van der Waals surface area (Å²) in [6.45, 7) is 7.24. The summed E-state index contributed by atoms with van der Waals surface area (Å²) in [6, 6.07) is 0.318. The largest absolute Gasteiger partial charge is 0.376 e. The van der Waals surface area contributed by atoms with Crippen LogP contribution in [0, 0.1) is 5.92 Å². The standard InChI is InChI=1S/C9H19NO/c1-7(10)8-4-5-11-9(2,3)6-8/h7-8H,4-6,10H2,1-3H3/t7-,8?/m0/s1. The fourth-order valence-electron chi connectivity index (χ4n) is 1.73. The normalized spacial score (nSPS) is 33.3. The molecular weight excluding hydrogens is 138 g/mol. The Kier molecular flexibility index (Phi) is 2.55. The van der Waals surface area contributed by atoms with Crippen molar-refractivity contribution < 1.29 is 4.74 Å². The molecule has 2 heteroatoms. The molecule has 0 spiro atoms. The number of hydrogen-bond donors (Lipinski definition) is 1. The third-order valence-corrected chi connectivity index (χ3v) is 2.48. The van der Waals surface area contributed by atoms with E-state index in [2.05, 4.69) is 20.8 Å². The van der Waals surface area contributed by atoms with Crippen molar-refractivity contribution in [1.82, 2.24) is 0 Å². The Labute approximate surface area is 69.1 Å². The molecule has 2 nitrogen and oxygen atoms in total. The molecule has 0 radical (unpaired) electrons. The van der Waals surface area contributed by atoms with E-state index in [0.29, 0.717) is 12.0 Å². The van der Waals surface area contributed by atoms with Gasteiger partial charge in [0.25, 0.3) is 0 Å². The van der Waals surface area contributed by atoms with Crippen LogP contribution in [0.4, 0.5) is 0 Å². The van der Waals surface area contributed by atoms with Crippen LogP contribution in [0.25, 0.3) is 0 Å². The monoisotopic (exact) mass is 157 g/mol. The second-order valence-electron chi connectivity index (χ2n) is 4.22. The minimum absolute atomic E-state index is 0.0521. The molecule has 0 aromatic rings. The van der Waals surface area contributed by atoms with Crippen molar-refractivity contribution in [1.29, 1.82) is 0 Å². The average molecular weight is 157 g/mol. The molecule has 0 bridgehead atoms. The van der Waals surface area contributed by atoms with Gasteiger partial charge in [0, 0.05) is 12.6 Å². The Hall–Kier alpha value is -0.0800. The minimum Gasteiger partial charge on any atom is -0.376 e. The van der Waals surface area contributed by atoms with Crippen LogP contribution in [0.3, 0.4) is 0 Å². The highest BCUT2D eigenvalue weighted by molar-refractivity contribution is 4.82. The summed E-state index contributed by atoms with van der Waals surface area (Å²) < 4.78 is 5.59. The first-order chi connectivity index (χ1) is 5.01. The number of hydrogen-bond acceptors (Lipinski definition) is 2. The zero-order chi connectivity index (χ0) is 8.48. The molecule has 1 saturated heterocycles. The quantitative estimate of drug-likeness (QED) is 0.626. The van der Waals surface area contributed by atoms with E-state index in [4.69, 9.17) is 10.5 Å². The van der Waals surface area contributed by atoms with Gasteiger partial charge in [-0.2, -0.15) is 0 Å². The molecule has 1 fully saturated rings. The lowest BCUT2D eigenvalue weighted by Crippen LogP contribution is -2.40. The van der Waals surface area contributed by atoms with E-state index < -0.39 is 0 Å². The van der Waals surface area contributed by atoms with Crippen molar-refractivity contribution in [2.45, 2.75) is 45.3 Å². The molecule has 66 valence electrons. The number of rotatable bonds is 1. The van der Waals surface area contributed by atoms with Crippen molar-refractivity contribution in [3.63, 3.8) is 0 Å². The van der Waals surface area contributed by atoms with Crippen molar-refractivity contribution in [3.8, 4) is 0 Å². The van der Waals surface area contributed by atoms with Gasteiger partial charge in [-0.1, -0.05) is 0 Å². The van der Waals surface area contributed by atoms with Gasteiger partial charge < -0.3 is 10.5 Å². The van der Waals surface area contributed by atoms with Gasteiger partial charge in [0.05, 0.1) is 5.60 Å². The molecule has 1 rings (SSSR count). The van der Waals surface area contributed by atoms with Crippen LogP contribution < -0.4 is 5.73 Å². The predicted molar refractivity (Wildman–Crippen MR) is 46.4 cm³/mol. The smallest absolute Gasteiger partial charge is 0.0629 e. The molecule has 0 amide bonds. The minimum atomic E-state index is 0.0521. The number of ether oxygens (including phenoxy) is 1. The van der Waals surface area contributed by atoms with E-state index in [9.17, 15) is 0 Å². The maximum absolute atomic E-state index is 5.83. The Morgan fingerprint density at radius 3 is 2.55 bits per heavy atom. The van der Waals surface area contributed by atoms with Crippen LogP contribution in [0.2, 0.25) is 0 Å². The second kappa shape index (κ2) is 3.11. The van der Waals surface area contributed by atoms with Crippen LogP contribution in [-0.4, -0.2) is 18.2 Å². The summed E-state index contributed by atoms with van der Waals surface area (Å²) in [6.07, 6.45) is 2.23. The van der Waals surface area contributed by atoms with Gasteiger partial charge in [-0.3, -0.25) is 0 Å². The van der Waals surface area contributed by atoms with Gasteiger partial charge in [0.2, 0.25) is 0 Å². The second-order valence-corrected chi connectivity index (χ2v) is 4.22. The van der Waals surface area contributed by atoms with E-state index in [1.54, 1.807) is 0 Å². The van der Waals surface area contributed by atoms with Crippen molar-refractivity contribution in [2.24, 2.45) is 11.7 Å². The Morgan fingerprint density at radius 2 is 2.18 bits per heavy atom. The van der Waals surface area contributed by atoms with Gasteiger partial charge in [-0.15, -0.1) is 0 Å². The van der Waals surface area contributed by atoms with Crippen LogP contribution in [0.5, 0.6) is 0 Å². The molecular formula is C9H19NO. The fourth-order valence-corrected chi connectivity index (χ4v) is 1.73. The molecule has 1 aliphatic heterocycles. The first-order valence-electron chi connectivity index (χ1n) is 4.41. The van der Waals surface area contributed by atoms with Crippen LogP contribution in [0.1, 0.15) is 33.6 Å². The van der Waals surface area contributed by atoms with E-state index in [1.807, 2.05) is 0 Å². The summed E-state index contributed by atoms with van der Waals surface area (Å²) in [5.74, 6) is 0.652. The topological polar surface area (TPSA) is 35.2 Å². The zero-order valence-corrected chi connectivity index (χ0v) is 7.76. The molecule has 0 aromatic carbocycles. The highest BCUT2D eigenvalue weighted by atomic mass is 16.5. The molecule has 0 aromatic heterocycles. The third kappa shape index (κ3) is 2.46. The maximum atomic E-state index is 5.83. The van der Waals surface area contributed by atoms with Gasteiger partial charge in [0.15, 0.2) is 0 Å². The molecule has 0 aliphatic carbocycles. The first-order valence-corrected chi connectivity index (χ1v) is 4.41. The molecule has 2 N–H and O–H groups in total. The van der Waals surface area contributed by atoms with Crippen LogP contribution >= 0.6 is 0 Å². The number of nitrogens with two attached hydrogens (primary N) is 1. The summed E-state index contributed by atoms with van der Waals surface area (Å²) in [5.41, 5.74) is 5.88. The summed E-state index contributed by atoms with van der Waals surface area (Å²) in [7, 11) is 0. The van der Waals surface area contributed by atoms with E-state index in [-0.39, 0.29) is 5.60 Å². The van der Waals surface area contributed by atoms with E-state index in [1.165, 1.54) is 0 Å². The molecule has 2 atom stereocenters. The van der Waals surface area contributed by atoms with Gasteiger partial charge >= 0.3 is 0 Å². The lowest BCUT2D eigenvalue weighted by atomic mass is 9.84. The SMILES string of the molecule is C[C@H](N)C1CCOC(C)(C)C1. The highest BCUT2D eigenvalue weighted by Crippen LogP contribution is 2.29. The molecule has 1 unspecified atom stereocenters. The lowest BCUT2D eigenvalue weighted by Gasteiger charge is -2.37. The average Bonchev–Trinajstić information content (AvgIpc) is 1.85. The maximum Gasteiger partial charge on any atom is 0.0629 e. The summed E-state index contributed by atoms with van der Waals surface area (Å²) >= 11 is 0. The summed E-state index contributed by atoms with van der Waals surface area (Å²) in [5, 5.41) is 0. The van der Waals surface area contributed by atoms with Crippen molar-refractivity contribution >= 4 is 0 Å². The molecule has 11 heavy (non-hydrogen) atoms.